The smallest absolute Gasteiger partial charge is 0.0000936 e. The van der Waals surface area contributed by atoms with Crippen LogP contribution in [0.5, 0.6) is 0 Å². The minimum atomic E-state index is 1.17. The van der Waals surface area contributed by atoms with Gasteiger partial charge < -0.3 is 0 Å². The normalized spacial score (nSPS) is 12.1. The summed E-state index contributed by atoms with van der Waals surface area (Å²) in [6.45, 7) is 0. The second-order valence-electron chi connectivity index (χ2n) is 13.9. The lowest BCUT2D eigenvalue weighted by atomic mass is 9.61. The molecule has 0 N–H and O–H groups in total. The van der Waals surface area contributed by atoms with Crippen LogP contribution in [0.2, 0.25) is 0 Å². The third-order valence-electron chi connectivity index (χ3n) is 10.5. The molecule has 0 nitrogen and oxygen atoms in total. The third-order valence-corrected chi connectivity index (χ3v) is 10.5. The molecule has 0 heterocycles. The summed E-state index contributed by atoms with van der Waals surface area (Å²) < 4.78 is 0. The fraction of sp³-hybridized carbons (Fsp3) is 0. The van der Waals surface area contributed by atoms with E-state index in [1.54, 1.807) is 0 Å². The fourth-order valence-electron chi connectivity index (χ4n) is 8.10. The number of rotatable bonds is 8. The molecule has 0 bridgehead atoms. The third kappa shape index (κ3) is 6.70. The lowest BCUT2D eigenvalue weighted by molar-refractivity contribution is 1.23. The molecule has 0 saturated heterocycles. The zero-order valence-electron chi connectivity index (χ0n) is 31.1. The molecule has 1 aliphatic carbocycles. The summed E-state index contributed by atoms with van der Waals surface area (Å²) in [7, 11) is 0. The Labute approximate surface area is 330 Å². The van der Waals surface area contributed by atoms with Crippen LogP contribution in [0.3, 0.4) is 0 Å². The molecule has 0 unspecified atom stereocenters. The van der Waals surface area contributed by atoms with Crippen molar-refractivity contribution in [2.24, 2.45) is 0 Å². The van der Waals surface area contributed by atoms with Crippen molar-refractivity contribution in [1.29, 1.82) is 0 Å². The molecule has 1 saturated carbocycles. The lowest BCUT2D eigenvalue weighted by Gasteiger charge is -2.40. The summed E-state index contributed by atoms with van der Waals surface area (Å²) in [6, 6.07) is 87.6. The first-order valence-electron chi connectivity index (χ1n) is 19.3. The van der Waals surface area contributed by atoms with E-state index in [-0.39, 0.29) is 0 Å². The van der Waals surface area contributed by atoms with Crippen molar-refractivity contribution < 1.29 is 0 Å². The molecular weight excluding hydrogens is 673 g/mol. The average Bonchev–Trinajstić information content (AvgIpc) is 3.29. The fourth-order valence-corrected chi connectivity index (χ4v) is 8.10. The number of allylic oxidation sites excluding steroid dienone is 4. The van der Waals surface area contributed by atoms with Gasteiger partial charge in [0.15, 0.2) is 0 Å². The molecular formula is C56H40. The highest BCUT2D eigenvalue weighted by Gasteiger charge is 2.41. The van der Waals surface area contributed by atoms with Crippen LogP contribution in [0.15, 0.2) is 265 Å². The Kier molecular flexibility index (Phi) is 9.84. The lowest BCUT2D eigenvalue weighted by Crippen LogP contribution is -2.22. The van der Waals surface area contributed by atoms with Gasteiger partial charge in [0.25, 0.3) is 0 Å². The van der Waals surface area contributed by atoms with Gasteiger partial charge in [-0.3, -0.25) is 0 Å². The predicted octanol–water partition coefficient (Wildman–Crippen LogP) is 14.0. The van der Waals surface area contributed by atoms with Gasteiger partial charge in [-0.15, -0.1) is 0 Å². The van der Waals surface area contributed by atoms with Crippen molar-refractivity contribution in [3.63, 3.8) is 0 Å². The van der Waals surface area contributed by atoms with E-state index in [4.69, 9.17) is 0 Å². The van der Waals surface area contributed by atoms with Gasteiger partial charge in [-0.05, 0) is 89.1 Å². The Morgan fingerprint density at radius 1 is 0.143 bits per heavy atom. The Balaban J connectivity index is 1.60. The van der Waals surface area contributed by atoms with E-state index in [2.05, 4.69) is 243 Å². The van der Waals surface area contributed by atoms with Gasteiger partial charge in [0.1, 0.15) is 0 Å². The molecule has 0 heteroatoms. The molecule has 264 valence electrons. The van der Waals surface area contributed by atoms with Gasteiger partial charge in [0, 0.05) is 0 Å². The van der Waals surface area contributed by atoms with E-state index in [0.29, 0.717) is 0 Å². The van der Waals surface area contributed by atoms with Gasteiger partial charge in [-0.25, -0.2) is 0 Å². The van der Waals surface area contributed by atoms with Crippen LogP contribution in [0.4, 0.5) is 0 Å². The summed E-state index contributed by atoms with van der Waals surface area (Å²) in [5.41, 5.74) is 19.1. The summed E-state index contributed by atoms with van der Waals surface area (Å²) in [6.07, 6.45) is 0. The summed E-state index contributed by atoms with van der Waals surface area (Å²) in [5, 5.41) is 0. The molecule has 9 rings (SSSR count). The van der Waals surface area contributed by atoms with Gasteiger partial charge in [0.2, 0.25) is 0 Å². The van der Waals surface area contributed by atoms with E-state index < -0.39 is 0 Å². The Bertz CT molecular complexity index is 2120. The van der Waals surface area contributed by atoms with Gasteiger partial charge in [-0.1, -0.05) is 243 Å². The van der Waals surface area contributed by atoms with E-state index in [9.17, 15) is 0 Å². The molecule has 56 heavy (non-hydrogen) atoms. The van der Waals surface area contributed by atoms with Gasteiger partial charge >= 0.3 is 0 Å². The van der Waals surface area contributed by atoms with Crippen molar-refractivity contribution in [2.75, 3.05) is 0 Å². The van der Waals surface area contributed by atoms with Crippen LogP contribution in [-0.4, -0.2) is 0 Å². The average molecular weight is 713 g/mol. The maximum absolute atomic E-state index is 2.26. The molecule has 0 aromatic heterocycles. The van der Waals surface area contributed by atoms with Crippen molar-refractivity contribution in [3.05, 3.63) is 309 Å². The van der Waals surface area contributed by atoms with E-state index >= 15 is 0 Å². The first-order chi connectivity index (χ1) is 27.9. The molecule has 1 fully saturated rings. The number of hydrogen-bond donors (Lipinski definition) is 0. The summed E-state index contributed by atoms with van der Waals surface area (Å²) in [4.78, 5) is 0. The highest BCUT2D eigenvalue weighted by atomic mass is 14.4. The van der Waals surface area contributed by atoms with E-state index in [1.165, 1.54) is 89.1 Å². The largest absolute Gasteiger partial charge is 0.0622 e. The van der Waals surface area contributed by atoms with Crippen molar-refractivity contribution >= 4 is 22.3 Å². The Morgan fingerprint density at radius 2 is 0.250 bits per heavy atom. The summed E-state index contributed by atoms with van der Waals surface area (Å²) in [5.74, 6) is 0. The monoisotopic (exact) mass is 712 g/mol. The molecule has 0 atom stereocenters. The molecule has 8 aromatic rings. The predicted molar refractivity (Wildman–Crippen MR) is 236 cm³/mol. The highest BCUT2D eigenvalue weighted by Crippen LogP contribution is 2.59. The van der Waals surface area contributed by atoms with Crippen molar-refractivity contribution in [2.45, 2.75) is 0 Å². The number of hydrogen-bond acceptors (Lipinski definition) is 0. The Hall–Kier alpha value is -7.28. The van der Waals surface area contributed by atoms with Crippen LogP contribution < -0.4 is 0 Å². The zero-order valence-corrected chi connectivity index (χ0v) is 31.1. The van der Waals surface area contributed by atoms with Crippen molar-refractivity contribution in [3.8, 4) is 0 Å². The van der Waals surface area contributed by atoms with Crippen molar-refractivity contribution in [1.82, 2.24) is 0 Å². The zero-order chi connectivity index (χ0) is 37.5. The molecule has 0 amide bonds. The molecule has 0 radical (unpaired) electrons. The van der Waals surface area contributed by atoms with E-state index in [0.717, 1.165) is 0 Å². The molecule has 1 aliphatic rings. The standard InChI is InChI=1S/C56H40/c1-9-25-41(26-10-1)49(42-27-11-2-12-28-42)53-54(50(43-29-13-3-14-30-43)44-31-15-4-16-32-44)56(52(47-37-21-7-22-38-47)48-39-23-8-24-40-48)55(53)51(45-33-17-5-18-34-45)46-35-19-6-20-36-46/h1-40H. The van der Waals surface area contributed by atoms with Gasteiger partial charge in [-0.2, -0.15) is 0 Å². The Morgan fingerprint density at radius 3 is 0.357 bits per heavy atom. The SMILES string of the molecule is c1ccc(C(=C2C(=C(c3ccccc3)c3ccccc3)C(=C(c3ccccc3)c3ccccc3)C2=C(c2ccccc2)c2ccccc2)c2ccccc2)cc1. The van der Waals surface area contributed by atoms with Crippen LogP contribution in [0.1, 0.15) is 44.5 Å². The second-order valence-corrected chi connectivity index (χ2v) is 13.9. The highest BCUT2D eigenvalue weighted by molar-refractivity contribution is 6.13. The van der Waals surface area contributed by atoms with E-state index in [1.807, 2.05) is 0 Å². The molecule has 8 aromatic carbocycles. The minimum absolute atomic E-state index is 1.17. The van der Waals surface area contributed by atoms with Crippen LogP contribution in [0.25, 0.3) is 22.3 Å². The van der Waals surface area contributed by atoms with Crippen LogP contribution in [-0.2, 0) is 0 Å². The van der Waals surface area contributed by atoms with Crippen LogP contribution >= 0.6 is 0 Å². The topological polar surface area (TPSA) is 0 Å². The first kappa shape index (κ1) is 34.5. The minimum Gasteiger partial charge on any atom is -0.0622 e. The number of benzene rings is 8. The van der Waals surface area contributed by atoms with Gasteiger partial charge in [0.05, 0.1) is 0 Å². The van der Waals surface area contributed by atoms with Crippen LogP contribution in [0, 0.1) is 0 Å². The first-order valence-corrected chi connectivity index (χ1v) is 19.3. The maximum Gasteiger partial charge on any atom is -0.0000936 e. The maximum atomic E-state index is 2.26. The quantitative estimate of drug-likeness (QED) is 0.147. The molecule has 0 spiro atoms. The molecule has 0 aliphatic heterocycles. The summed E-state index contributed by atoms with van der Waals surface area (Å²) >= 11 is 0. The second kappa shape index (κ2) is 16.0.